The molecule has 0 aromatic carbocycles. The Morgan fingerprint density at radius 2 is 1.67 bits per heavy atom. The van der Waals surface area contributed by atoms with Crippen LogP contribution in [-0.4, -0.2) is 46.7 Å². The van der Waals surface area contributed by atoms with Gasteiger partial charge in [-0.1, -0.05) is 24.3 Å². The quantitative estimate of drug-likeness (QED) is 0.359. The van der Waals surface area contributed by atoms with Crippen molar-refractivity contribution in [2.75, 3.05) is 13.2 Å². The molecule has 0 rings (SSSR count). The lowest BCUT2D eigenvalue weighted by Crippen LogP contribution is -2.07. The van der Waals surface area contributed by atoms with Gasteiger partial charge in [-0.2, -0.15) is 0 Å². The molecule has 3 N–H and O–H groups in total. The number of ether oxygens (including phenoxy) is 1. The second-order valence-corrected chi connectivity index (χ2v) is 4.84. The molecule has 0 aromatic heterocycles. The SMILES string of the molecule is CCOCCC(O)/C=C/CC/C=C\C(O)CCCC(=O)O. The molecule has 21 heavy (non-hydrogen) atoms. The van der Waals surface area contributed by atoms with E-state index in [1.165, 1.54) is 0 Å². The summed E-state index contributed by atoms with van der Waals surface area (Å²) in [6, 6.07) is 0. The van der Waals surface area contributed by atoms with Crippen LogP contribution >= 0.6 is 0 Å². The van der Waals surface area contributed by atoms with E-state index in [1.807, 2.05) is 19.1 Å². The zero-order valence-corrected chi connectivity index (χ0v) is 12.8. The van der Waals surface area contributed by atoms with Crippen molar-refractivity contribution in [3.63, 3.8) is 0 Å². The minimum Gasteiger partial charge on any atom is -0.481 e. The molecule has 0 heterocycles. The van der Waals surface area contributed by atoms with E-state index in [-0.39, 0.29) is 6.42 Å². The third kappa shape index (κ3) is 15.0. The van der Waals surface area contributed by atoms with E-state index in [0.717, 1.165) is 12.8 Å². The highest BCUT2D eigenvalue weighted by Gasteiger charge is 2.01. The maximum Gasteiger partial charge on any atom is 0.303 e. The molecular weight excluding hydrogens is 272 g/mol. The second kappa shape index (κ2) is 13.8. The van der Waals surface area contributed by atoms with Crippen LogP contribution in [0.5, 0.6) is 0 Å². The van der Waals surface area contributed by atoms with Gasteiger partial charge in [0.1, 0.15) is 0 Å². The first-order valence-corrected chi connectivity index (χ1v) is 7.55. The van der Waals surface area contributed by atoms with Gasteiger partial charge in [-0.3, -0.25) is 4.79 Å². The van der Waals surface area contributed by atoms with Gasteiger partial charge in [0.15, 0.2) is 0 Å². The average Bonchev–Trinajstić information content (AvgIpc) is 2.42. The molecule has 0 aliphatic rings. The monoisotopic (exact) mass is 300 g/mol. The number of hydrogen-bond donors (Lipinski definition) is 3. The van der Waals surface area contributed by atoms with Gasteiger partial charge >= 0.3 is 5.97 Å². The summed E-state index contributed by atoms with van der Waals surface area (Å²) in [7, 11) is 0. The molecule has 5 heteroatoms. The van der Waals surface area contributed by atoms with Crippen LogP contribution in [0.4, 0.5) is 0 Å². The molecular formula is C16H28O5. The number of aliphatic hydroxyl groups is 2. The Balaban J connectivity index is 3.59. The molecule has 0 radical (unpaired) electrons. The summed E-state index contributed by atoms with van der Waals surface area (Å²) >= 11 is 0. The maximum atomic E-state index is 10.3. The maximum absolute atomic E-state index is 10.3. The van der Waals surface area contributed by atoms with Gasteiger partial charge in [0.25, 0.3) is 0 Å². The first-order chi connectivity index (χ1) is 10.1. The highest BCUT2D eigenvalue weighted by Crippen LogP contribution is 2.04. The third-order valence-corrected chi connectivity index (χ3v) is 2.87. The van der Waals surface area contributed by atoms with Gasteiger partial charge in [0.2, 0.25) is 0 Å². The van der Waals surface area contributed by atoms with Gasteiger partial charge in [0.05, 0.1) is 12.2 Å². The van der Waals surface area contributed by atoms with Crippen molar-refractivity contribution in [1.29, 1.82) is 0 Å². The summed E-state index contributed by atoms with van der Waals surface area (Å²) < 4.78 is 5.15. The molecule has 5 nitrogen and oxygen atoms in total. The zero-order valence-electron chi connectivity index (χ0n) is 12.8. The minimum atomic E-state index is -0.834. The first-order valence-electron chi connectivity index (χ1n) is 7.55. The standard InChI is InChI=1S/C16H28O5/c1-2-21-13-12-15(18)9-6-4-3-5-8-14(17)10-7-11-16(19)20/h5-6,8-9,14-15,17-18H,2-4,7,10-13H2,1H3,(H,19,20)/b8-5-,9-6+. The van der Waals surface area contributed by atoms with Crippen molar-refractivity contribution < 1.29 is 24.9 Å². The van der Waals surface area contributed by atoms with E-state index in [4.69, 9.17) is 9.84 Å². The van der Waals surface area contributed by atoms with Crippen molar-refractivity contribution in [3.8, 4) is 0 Å². The summed E-state index contributed by atoms with van der Waals surface area (Å²) in [4.78, 5) is 10.3. The van der Waals surface area contributed by atoms with E-state index in [9.17, 15) is 15.0 Å². The van der Waals surface area contributed by atoms with E-state index in [1.54, 1.807) is 12.2 Å². The van der Waals surface area contributed by atoms with Gasteiger partial charge in [-0.15, -0.1) is 0 Å². The van der Waals surface area contributed by atoms with Crippen LogP contribution in [-0.2, 0) is 9.53 Å². The average molecular weight is 300 g/mol. The Bertz CT molecular complexity index is 312. The smallest absolute Gasteiger partial charge is 0.303 e. The van der Waals surface area contributed by atoms with Gasteiger partial charge in [-0.25, -0.2) is 0 Å². The zero-order chi connectivity index (χ0) is 15.9. The molecule has 0 amide bonds. The molecule has 0 bridgehead atoms. The fraction of sp³-hybridized carbons (Fsp3) is 0.688. The molecule has 122 valence electrons. The summed E-state index contributed by atoms with van der Waals surface area (Å²) in [5.74, 6) is -0.834. The van der Waals surface area contributed by atoms with Crippen molar-refractivity contribution in [2.24, 2.45) is 0 Å². The summed E-state index contributed by atoms with van der Waals surface area (Å²) in [5.41, 5.74) is 0. The Morgan fingerprint density at radius 3 is 2.19 bits per heavy atom. The predicted molar refractivity (Wildman–Crippen MR) is 82.1 cm³/mol. The van der Waals surface area contributed by atoms with Gasteiger partial charge in [-0.05, 0) is 32.6 Å². The molecule has 2 unspecified atom stereocenters. The van der Waals surface area contributed by atoms with Crippen LogP contribution < -0.4 is 0 Å². The van der Waals surface area contributed by atoms with E-state index >= 15 is 0 Å². The third-order valence-electron chi connectivity index (χ3n) is 2.87. The Morgan fingerprint density at radius 1 is 1.10 bits per heavy atom. The van der Waals surface area contributed by atoms with E-state index in [2.05, 4.69) is 0 Å². The number of carboxylic acid groups (broad SMARTS) is 1. The van der Waals surface area contributed by atoms with Crippen LogP contribution in [0.15, 0.2) is 24.3 Å². The normalized spacial score (nSPS) is 14.8. The highest BCUT2D eigenvalue weighted by molar-refractivity contribution is 5.66. The lowest BCUT2D eigenvalue weighted by Gasteiger charge is -2.05. The van der Waals surface area contributed by atoms with Crippen LogP contribution in [0.1, 0.15) is 45.4 Å². The number of allylic oxidation sites excluding steroid dienone is 2. The number of aliphatic carboxylic acids is 1. The molecule has 0 aromatic rings. The predicted octanol–water partition coefficient (Wildman–Crippen LogP) is 2.28. The molecule has 0 fully saturated rings. The fourth-order valence-corrected chi connectivity index (χ4v) is 1.70. The van der Waals surface area contributed by atoms with E-state index in [0.29, 0.717) is 32.5 Å². The molecule has 0 aliphatic heterocycles. The number of rotatable bonds is 13. The summed E-state index contributed by atoms with van der Waals surface area (Å²) in [5, 5.41) is 27.6. The van der Waals surface area contributed by atoms with Crippen LogP contribution in [0, 0.1) is 0 Å². The highest BCUT2D eigenvalue weighted by atomic mass is 16.5. The molecule has 0 saturated carbocycles. The van der Waals surface area contributed by atoms with Crippen LogP contribution in [0.3, 0.4) is 0 Å². The minimum absolute atomic E-state index is 0.0905. The molecule has 2 atom stereocenters. The van der Waals surface area contributed by atoms with Crippen LogP contribution in [0.25, 0.3) is 0 Å². The second-order valence-electron chi connectivity index (χ2n) is 4.84. The lowest BCUT2D eigenvalue weighted by atomic mass is 10.1. The molecule has 0 aliphatic carbocycles. The molecule has 0 spiro atoms. The van der Waals surface area contributed by atoms with Crippen molar-refractivity contribution in [1.82, 2.24) is 0 Å². The number of unbranched alkanes of at least 4 members (excludes halogenated alkanes) is 1. The van der Waals surface area contributed by atoms with Crippen molar-refractivity contribution in [3.05, 3.63) is 24.3 Å². The van der Waals surface area contributed by atoms with Crippen molar-refractivity contribution >= 4 is 5.97 Å². The largest absolute Gasteiger partial charge is 0.481 e. The molecule has 0 saturated heterocycles. The van der Waals surface area contributed by atoms with Gasteiger partial charge < -0.3 is 20.1 Å². The number of hydrogen-bond acceptors (Lipinski definition) is 4. The summed E-state index contributed by atoms with van der Waals surface area (Å²) in [6.07, 6.45) is 9.41. The van der Waals surface area contributed by atoms with Gasteiger partial charge in [0, 0.05) is 26.1 Å². The fourth-order valence-electron chi connectivity index (χ4n) is 1.70. The number of aliphatic hydroxyl groups excluding tert-OH is 2. The van der Waals surface area contributed by atoms with E-state index < -0.39 is 18.2 Å². The van der Waals surface area contributed by atoms with Crippen molar-refractivity contribution in [2.45, 2.75) is 57.7 Å². The summed E-state index contributed by atoms with van der Waals surface area (Å²) in [6.45, 7) is 3.14. The Hall–Kier alpha value is -1.17. The first kappa shape index (κ1) is 19.8. The topological polar surface area (TPSA) is 87.0 Å². The number of carboxylic acids is 1. The lowest BCUT2D eigenvalue weighted by molar-refractivity contribution is -0.137. The number of carbonyl (C=O) groups is 1. The Labute approximate surface area is 126 Å². The Kier molecular flexibility index (Phi) is 13.0. The van der Waals surface area contributed by atoms with Crippen LogP contribution in [0.2, 0.25) is 0 Å².